The van der Waals surface area contributed by atoms with E-state index in [0.717, 1.165) is 70.5 Å². The summed E-state index contributed by atoms with van der Waals surface area (Å²) < 4.78 is 0. The number of carbonyl (C=O) groups is 1. The van der Waals surface area contributed by atoms with E-state index < -0.39 is 5.54 Å². The third-order valence-electron chi connectivity index (χ3n) is 6.29. The Morgan fingerprint density at radius 3 is 2.40 bits per heavy atom. The Morgan fingerprint density at radius 1 is 1.13 bits per heavy atom. The Labute approximate surface area is 179 Å². The summed E-state index contributed by atoms with van der Waals surface area (Å²) in [6.45, 7) is 7.64. The van der Waals surface area contributed by atoms with Crippen LogP contribution in [0.4, 0.5) is 5.69 Å². The zero-order valence-corrected chi connectivity index (χ0v) is 18.0. The summed E-state index contributed by atoms with van der Waals surface area (Å²) in [7, 11) is 0. The molecule has 2 fully saturated rings. The third kappa shape index (κ3) is 5.31. The van der Waals surface area contributed by atoms with Gasteiger partial charge in [0.2, 0.25) is 0 Å². The van der Waals surface area contributed by atoms with Crippen LogP contribution in [-0.4, -0.2) is 61.5 Å². The van der Waals surface area contributed by atoms with Gasteiger partial charge >= 0.3 is 0 Å². The molecule has 1 amide bonds. The van der Waals surface area contributed by atoms with Gasteiger partial charge in [0.05, 0.1) is 11.6 Å². The Hall–Kier alpha value is -2.59. The maximum Gasteiger partial charge on any atom is 0.252 e. The minimum Gasteiger partial charge on any atom is -0.369 e. The average molecular weight is 411 g/mol. The molecule has 2 aliphatic rings. The van der Waals surface area contributed by atoms with Crippen LogP contribution in [0.25, 0.3) is 0 Å². The Bertz CT molecular complexity index is 755. The SMILES string of the molecule is CCCN1CCN(c2ccc(C(=O)NC3(C(=N)NCC#N)CCCCC3)cc2)CC1. The molecule has 0 atom stereocenters. The second-order valence-corrected chi connectivity index (χ2v) is 8.36. The van der Waals surface area contributed by atoms with Crippen LogP contribution in [0.3, 0.4) is 0 Å². The number of hydrogen-bond donors (Lipinski definition) is 3. The number of nitriles is 1. The molecule has 3 N–H and O–H groups in total. The third-order valence-corrected chi connectivity index (χ3v) is 6.29. The lowest BCUT2D eigenvalue weighted by atomic mass is 9.80. The Morgan fingerprint density at radius 2 is 1.80 bits per heavy atom. The molecule has 7 nitrogen and oxygen atoms in total. The number of rotatable bonds is 7. The number of piperazine rings is 1. The summed E-state index contributed by atoms with van der Waals surface area (Å²) in [6, 6.07) is 9.83. The van der Waals surface area contributed by atoms with Crippen molar-refractivity contribution in [2.45, 2.75) is 51.0 Å². The first-order valence-corrected chi connectivity index (χ1v) is 11.2. The van der Waals surface area contributed by atoms with E-state index in [0.29, 0.717) is 5.56 Å². The van der Waals surface area contributed by atoms with Gasteiger partial charge in [-0.25, -0.2) is 0 Å². The van der Waals surface area contributed by atoms with Gasteiger partial charge in [-0.3, -0.25) is 15.1 Å². The first kappa shape index (κ1) is 22.1. The van der Waals surface area contributed by atoms with Gasteiger partial charge in [0.25, 0.3) is 5.91 Å². The van der Waals surface area contributed by atoms with Crippen molar-refractivity contribution in [2.24, 2.45) is 0 Å². The van der Waals surface area contributed by atoms with Crippen molar-refractivity contribution in [1.29, 1.82) is 10.7 Å². The Balaban J connectivity index is 1.63. The second-order valence-electron chi connectivity index (χ2n) is 8.36. The topological polar surface area (TPSA) is 95.2 Å². The highest BCUT2D eigenvalue weighted by atomic mass is 16.1. The molecule has 0 bridgehead atoms. The van der Waals surface area contributed by atoms with E-state index in [9.17, 15) is 4.79 Å². The van der Waals surface area contributed by atoms with Crippen molar-refractivity contribution in [3.63, 3.8) is 0 Å². The van der Waals surface area contributed by atoms with Crippen LogP contribution in [0.2, 0.25) is 0 Å². The van der Waals surface area contributed by atoms with Crippen molar-refractivity contribution in [2.75, 3.05) is 44.2 Å². The van der Waals surface area contributed by atoms with E-state index in [1.54, 1.807) is 0 Å². The molecule has 162 valence electrons. The van der Waals surface area contributed by atoms with Gasteiger partial charge in [-0.2, -0.15) is 5.26 Å². The van der Waals surface area contributed by atoms with E-state index >= 15 is 0 Å². The molecule has 1 saturated carbocycles. The molecule has 1 aromatic carbocycles. The van der Waals surface area contributed by atoms with Gasteiger partial charge in [0.1, 0.15) is 12.4 Å². The summed E-state index contributed by atoms with van der Waals surface area (Å²) in [4.78, 5) is 17.8. The first-order valence-electron chi connectivity index (χ1n) is 11.2. The lowest BCUT2D eigenvalue weighted by Gasteiger charge is -2.38. The van der Waals surface area contributed by atoms with Gasteiger partial charge < -0.3 is 15.5 Å². The number of benzene rings is 1. The summed E-state index contributed by atoms with van der Waals surface area (Å²) in [5.74, 6) is 0.0957. The predicted octanol–water partition coefficient (Wildman–Crippen LogP) is 2.74. The van der Waals surface area contributed by atoms with E-state index in [1.165, 1.54) is 6.42 Å². The van der Waals surface area contributed by atoms with Crippen LogP contribution in [0, 0.1) is 16.7 Å². The van der Waals surface area contributed by atoms with Crippen LogP contribution in [-0.2, 0) is 0 Å². The van der Waals surface area contributed by atoms with Gasteiger partial charge in [-0.05, 0) is 50.1 Å². The monoisotopic (exact) mass is 410 g/mol. The lowest BCUT2D eigenvalue weighted by Crippen LogP contribution is -2.59. The first-order chi connectivity index (χ1) is 14.6. The number of nitrogens with zero attached hydrogens (tertiary/aromatic N) is 3. The van der Waals surface area contributed by atoms with Crippen LogP contribution in [0.1, 0.15) is 55.8 Å². The zero-order valence-electron chi connectivity index (χ0n) is 18.0. The van der Waals surface area contributed by atoms with Crippen LogP contribution < -0.4 is 15.5 Å². The quantitative estimate of drug-likeness (QED) is 0.365. The molecular formula is C23H34N6O. The molecule has 0 unspecified atom stereocenters. The fourth-order valence-corrected chi connectivity index (χ4v) is 4.55. The molecule has 0 aromatic heterocycles. The van der Waals surface area contributed by atoms with E-state index in [1.807, 2.05) is 30.3 Å². The largest absolute Gasteiger partial charge is 0.369 e. The van der Waals surface area contributed by atoms with Gasteiger partial charge in [0, 0.05) is 37.4 Å². The smallest absolute Gasteiger partial charge is 0.252 e. The lowest BCUT2D eigenvalue weighted by molar-refractivity contribution is 0.0906. The molecule has 1 aliphatic heterocycles. The molecule has 0 radical (unpaired) electrons. The summed E-state index contributed by atoms with van der Waals surface area (Å²) in [5, 5.41) is 23.2. The van der Waals surface area contributed by atoms with Gasteiger partial charge in [0.15, 0.2) is 0 Å². The minimum absolute atomic E-state index is 0.0800. The molecular weight excluding hydrogens is 376 g/mol. The summed E-state index contributed by atoms with van der Waals surface area (Å²) >= 11 is 0. The van der Waals surface area contributed by atoms with E-state index in [4.69, 9.17) is 10.7 Å². The fourth-order valence-electron chi connectivity index (χ4n) is 4.55. The zero-order chi connectivity index (χ0) is 21.4. The van der Waals surface area contributed by atoms with E-state index in [-0.39, 0.29) is 18.3 Å². The molecule has 1 aliphatic carbocycles. The number of amides is 1. The van der Waals surface area contributed by atoms with Crippen molar-refractivity contribution in [3.05, 3.63) is 29.8 Å². The molecule has 1 heterocycles. The highest BCUT2D eigenvalue weighted by Crippen LogP contribution is 2.29. The number of hydrogen-bond acceptors (Lipinski definition) is 5. The molecule has 0 spiro atoms. The second kappa shape index (κ2) is 10.4. The molecule has 30 heavy (non-hydrogen) atoms. The van der Waals surface area contributed by atoms with Crippen LogP contribution >= 0.6 is 0 Å². The minimum atomic E-state index is -0.694. The average Bonchev–Trinajstić information content (AvgIpc) is 2.79. The van der Waals surface area contributed by atoms with Crippen molar-refractivity contribution in [1.82, 2.24) is 15.5 Å². The molecule has 3 rings (SSSR count). The molecule has 7 heteroatoms. The number of nitrogens with one attached hydrogen (secondary N) is 3. The van der Waals surface area contributed by atoms with Crippen molar-refractivity contribution < 1.29 is 4.79 Å². The summed E-state index contributed by atoms with van der Waals surface area (Å²) in [5.41, 5.74) is 1.07. The fraction of sp³-hybridized carbons (Fsp3) is 0.609. The van der Waals surface area contributed by atoms with Crippen LogP contribution in [0.5, 0.6) is 0 Å². The highest BCUT2D eigenvalue weighted by Gasteiger charge is 2.38. The van der Waals surface area contributed by atoms with Crippen molar-refractivity contribution >= 4 is 17.4 Å². The number of amidine groups is 1. The highest BCUT2D eigenvalue weighted by molar-refractivity contribution is 6.00. The maximum absolute atomic E-state index is 13.0. The maximum atomic E-state index is 13.0. The standard InChI is InChI=1S/C23H34N6O/c1-2-14-28-15-17-29(18-16-28)20-8-6-19(7-9-20)21(30)27-23(10-4-3-5-11-23)22(25)26-13-12-24/h6-9H,2-5,10-11,13-18H2,1H3,(H2,25,26)(H,27,30). The van der Waals surface area contributed by atoms with Crippen molar-refractivity contribution in [3.8, 4) is 6.07 Å². The van der Waals surface area contributed by atoms with Gasteiger partial charge in [-0.15, -0.1) is 0 Å². The number of carbonyl (C=O) groups excluding carboxylic acids is 1. The Kier molecular flexibility index (Phi) is 7.69. The normalized spacial score (nSPS) is 19.0. The van der Waals surface area contributed by atoms with Gasteiger partial charge in [-0.1, -0.05) is 26.2 Å². The molecule has 1 aromatic rings. The molecule has 1 saturated heterocycles. The van der Waals surface area contributed by atoms with E-state index in [2.05, 4.69) is 27.4 Å². The number of anilines is 1. The van der Waals surface area contributed by atoms with Crippen LogP contribution in [0.15, 0.2) is 24.3 Å². The predicted molar refractivity (Wildman–Crippen MR) is 120 cm³/mol. The summed E-state index contributed by atoms with van der Waals surface area (Å²) in [6.07, 6.45) is 5.71.